The molecule has 2 rings (SSSR count). The zero-order valence-electron chi connectivity index (χ0n) is 10.2. The van der Waals surface area contributed by atoms with Crippen molar-refractivity contribution in [3.05, 3.63) is 34.7 Å². The normalized spacial score (nSPS) is 10.8. The van der Waals surface area contributed by atoms with Gasteiger partial charge in [0, 0.05) is 17.9 Å². The third kappa shape index (κ3) is 2.50. The second kappa shape index (κ2) is 4.88. The number of rotatable bonds is 3. The van der Waals surface area contributed by atoms with Crippen LogP contribution in [0.3, 0.4) is 0 Å². The lowest BCUT2D eigenvalue weighted by molar-refractivity contribution is 0.513. The monoisotopic (exact) mass is 250 g/mol. The molecule has 0 atom stereocenters. The smallest absolute Gasteiger partial charge is 0.248 e. The van der Waals surface area contributed by atoms with E-state index in [0.29, 0.717) is 24.1 Å². The van der Waals surface area contributed by atoms with E-state index in [1.54, 1.807) is 0 Å². The Kier molecular flexibility index (Phi) is 3.48. The quantitative estimate of drug-likeness (QED) is 0.784. The molecule has 0 aliphatic heterocycles. The van der Waals surface area contributed by atoms with Gasteiger partial charge in [-0.3, -0.25) is 0 Å². The van der Waals surface area contributed by atoms with E-state index in [-0.39, 0.29) is 0 Å². The van der Waals surface area contributed by atoms with Crippen LogP contribution in [0.5, 0.6) is 0 Å². The van der Waals surface area contributed by atoms with Gasteiger partial charge < -0.3 is 4.42 Å². The van der Waals surface area contributed by atoms with E-state index in [1.165, 1.54) is 5.56 Å². The van der Waals surface area contributed by atoms with Crippen molar-refractivity contribution in [2.75, 3.05) is 5.88 Å². The molecule has 0 bridgehead atoms. The summed E-state index contributed by atoms with van der Waals surface area (Å²) in [6.07, 6.45) is 0.610. The molecule has 1 aromatic carbocycles. The van der Waals surface area contributed by atoms with Crippen LogP contribution in [-0.2, 0) is 6.42 Å². The summed E-state index contributed by atoms with van der Waals surface area (Å²) >= 11 is 5.65. The first-order valence-electron chi connectivity index (χ1n) is 5.58. The second-order valence-electron chi connectivity index (χ2n) is 4.21. The van der Waals surface area contributed by atoms with Crippen LogP contribution in [0, 0.1) is 20.8 Å². The van der Waals surface area contributed by atoms with Gasteiger partial charge in [0.15, 0.2) is 0 Å². The molecule has 2 aromatic rings. The van der Waals surface area contributed by atoms with Gasteiger partial charge in [-0.2, -0.15) is 0 Å². The molecule has 4 heteroatoms. The van der Waals surface area contributed by atoms with Gasteiger partial charge in [-0.25, -0.2) is 0 Å². The van der Waals surface area contributed by atoms with E-state index in [1.807, 2.05) is 0 Å². The van der Waals surface area contributed by atoms with Crippen LogP contribution < -0.4 is 0 Å². The standard InChI is InChI=1S/C13H15ClN2O/c1-8-6-9(2)12(10(3)7-8)13-16-15-11(17-13)4-5-14/h6-7H,4-5H2,1-3H3. The molecule has 0 unspecified atom stereocenters. The molecule has 90 valence electrons. The first-order chi connectivity index (χ1) is 8.11. The molecule has 1 aromatic heterocycles. The number of aryl methyl sites for hydroxylation is 4. The minimum Gasteiger partial charge on any atom is -0.421 e. The average molecular weight is 251 g/mol. The second-order valence-corrected chi connectivity index (χ2v) is 4.59. The summed E-state index contributed by atoms with van der Waals surface area (Å²) in [6, 6.07) is 4.24. The maximum Gasteiger partial charge on any atom is 0.248 e. The van der Waals surface area contributed by atoms with E-state index in [4.69, 9.17) is 16.0 Å². The number of benzene rings is 1. The number of nitrogens with zero attached hydrogens (tertiary/aromatic N) is 2. The fraction of sp³-hybridized carbons (Fsp3) is 0.385. The molecular weight excluding hydrogens is 236 g/mol. The van der Waals surface area contributed by atoms with Gasteiger partial charge in [0.05, 0.1) is 0 Å². The Morgan fingerprint density at radius 1 is 1.12 bits per heavy atom. The molecule has 0 aliphatic carbocycles. The lowest BCUT2D eigenvalue weighted by atomic mass is 10.00. The summed E-state index contributed by atoms with van der Waals surface area (Å²) in [4.78, 5) is 0. The molecule has 0 fully saturated rings. The molecule has 3 nitrogen and oxygen atoms in total. The van der Waals surface area contributed by atoms with Gasteiger partial charge in [-0.05, 0) is 31.9 Å². The lowest BCUT2D eigenvalue weighted by Gasteiger charge is -2.06. The van der Waals surface area contributed by atoms with Crippen LogP contribution in [0.15, 0.2) is 16.5 Å². The van der Waals surface area contributed by atoms with Crippen LogP contribution >= 0.6 is 11.6 Å². The largest absolute Gasteiger partial charge is 0.421 e. The first-order valence-corrected chi connectivity index (χ1v) is 6.12. The zero-order chi connectivity index (χ0) is 12.4. The van der Waals surface area contributed by atoms with Gasteiger partial charge in [-0.1, -0.05) is 17.7 Å². The Bertz CT molecular complexity index is 511. The Morgan fingerprint density at radius 3 is 2.35 bits per heavy atom. The fourth-order valence-corrected chi connectivity index (χ4v) is 2.22. The van der Waals surface area contributed by atoms with Crippen molar-refractivity contribution >= 4 is 11.6 Å². The molecule has 0 radical (unpaired) electrons. The van der Waals surface area contributed by atoms with Crippen LogP contribution in [-0.4, -0.2) is 16.1 Å². The van der Waals surface area contributed by atoms with E-state index >= 15 is 0 Å². The van der Waals surface area contributed by atoms with Crippen LogP contribution in [0.2, 0.25) is 0 Å². The van der Waals surface area contributed by atoms with Crippen molar-refractivity contribution in [2.45, 2.75) is 27.2 Å². The van der Waals surface area contributed by atoms with E-state index < -0.39 is 0 Å². The molecule has 17 heavy (non-hydrogen) atoms. The van der Waals surface area contributed by atoms with Crippen LogP contribution in [0.25, 0.3) is 11.5 Å². The van der Waals surface area contributed by atoms with E-state index in [2.05, 4.69) is 43.1 Å². The number of aromatic nitrogens is 2. The van der Waals surface area contributed by atoms with E-state index in [0.717, 1.165) is 16.7 Å². The molecule has 0 amide bonds. The molecule has 0 N–H and O–H groups in total. The Labute approximate surface area is 106 Å². The zero-order valence-corrected chi connectivity index (χ0v) is 11.0. The Balaban J connectivity index is 2.45. The summed E-state index contributed by atoms with van der Waals surface area (Å²) in [5.74, 6) is 1.67. The fourth-order valence-electron chi connectivity index (χ4n) is 2.05. The van der Waals surface area contributed by atoms with Crippen molar-refractivity contribution in [1.29, 1.82) is 0 Å². The van der Waals surface area contributed by atoms with Crippen molar-refractivity contribution in [3.8, 4) is 11.5 Å². The van der Waals surface area contributed by atoms with Crippen molar-refractivity contribution < 1.29 is 4.42 Å². The van der Waals surface area contributed by atoms with Gasteiger partial charge in [-0.15, -0.1) is 21.8 Å². The number of alkyl halides is 1. The Hall–Kier alpha value is -1.35. The first kappa shape index (κ1) is 12.1. The highest BCUT2D eigenvalue weighted by Gasteiger charge is 2.13. The molecule has 1 heterocycles. The summed E-state index contributed by atoms with van der Waals surface area (Å²) < 4.78 is 5.60. The van der Waals surface area contributed by atoms with Gasteiger partial charge in [0.25, 0.3) is 0 Å². The molecule has 0 spiro atoms. The summed E-state index contributed by atoms with van der Waals surface area (Å²) in [6.45, 7) is 6.19. The number of hydrogen-bond acceptors (Lipinski definition) is 3. The summed E-state index contributed by atoms with van der Waals surface area (Å²) in [5, 5.41) is 8.07. The lowest BCUT2D eigenvalue weighted by Crippen LogP contribution is -1.90. The van der Waals surface area contributed by atoms with Crippen molar-refractivity contribution in [1.82, 2.24) is 10.2 Å². The minimum absolute atomic E-state index is 0.494. The molecule has 0 saturated carbocycles. The predicted octanol–water partition coefficient (Wildman–Crippen LogP) is 3.44. The van der Waals surface area contributed by atoms with Crippen molar-refractivity contribution in [2.24, 2.45) is 0 Å². The highest BCUT2D eigenvalue weighted by Crippen LogP contribution is 2.27. The minimum atomic E-state index is 0.494. The predicted molar refractivity (Wildman–Crippen MR) is 68.4 cm³/mol. The molecule has 0 aliphatic rings. The average Bonchev–Trinajstić information content (AvgIpc) is 2.65. The van der Waals surface area contributed by atoms with Gasteiger partial charge >= 0.3 is 0 Å². The topological polar surface area (TPSA) is 38.9 Å². The molecular formula is C13H15ClN2O. The SMILES string of the molecule is Cc1cc(C)c(-c2nnc(CCCl)o2)c(C)c1. The molecule has 0 saturated heterocycles. The van der Waals surface area contributed by atoms with Gasteiger partial charge in [0.2, 0.25) is 11.8 Å². The van der Waals surface area contributed by atoms with E-state index in [9.17, 15) is 0 Å². The highest BCUT2D eigenvalue weighted by atomic mass is 35.5. The maximum atomic E-state index is 5.65. The van der Waals surface area contributed by atoms with Crippen molar-refractivity contribution in [3.63, 3.8) is 0 Å². The Morgan fingerprint density at radius 2 is 1.76 bits per heavy atom. The summed E-state index contributed by atoms with van der Waals surface area (Å²) in [7, 11) is 0. The van der Waals surface area contributed by atoms with Crippen LogP contribution in [0.1, 0.15) is 22.6 Å². The third-order valence-electron chi connectivity index (χ3n) is 2.67. The number of hydrogen-bond donors (Lipinski definition) is 0. The highest BCUT2D eigenvalue weighted by molar-refractivity contribution is 6.17. The van der Waals surface area contributed by atoms with Gasteiger partial charge in [0.1, 0.15) is 0 Å². The summed E-state index contributed by atoms with van der Waals surface area (Å²) in [5.41, 5.74) is 4.58. The maximum absolute atomic E-state index is 5.65. The van der Waals surface area contributed by atoms with Crippen LogP contribution in [0.4, 0.5) is 0 Å². The number of halogens is 1. The third-order valence-corrected chi connectivity index (χ3v) is 2.86.